The van der Waals surface area contributed by atoms with Crippen LogP contribution in [0.1, 0.15) is 0 Å². The first kappa shape index (κ1) is 31.7. The van der Waals surface area contributed by atoms with Gasteiger partial charge < -0.3 is 79.5 Å². The summed E-state index contributed by atoms with van der Waals surface area (Å²) in [6.45, 7) is -1.53. The Kier molecular flexibility index (Phi) is 8.87. The lowest BCUT2D eigenvalue weighted by atomic mass is 9.99. The maximum absolute atomic E-state index is 13.7. The van der Waals surface area contributed by atoms with Gasteiger partial charge in [0.25, 0.3) is 0 Å². The topological polar surface area (TPSA) is 290 Å². The van der Waals surface area contributed by atoms with Crippen molar-refractivity contribution in [3.8, 4) is 40.1 Å². The van der Waals surface area contributed by atoms with Crippen molar-refractivity contribution in [3.63, 3.8) is 0 Å². The van der Waals surface area contributed by atoms with Crippen molar-refractivity contribution >= 4 is 11.0 Å². The van der Waals surface area contributed by atoms with Crippen molar-refractivity contribution in [2.45, 2.75) is 61.4 Å². The lowest BCUT2D eigenvalue weighted by molar-refractivity contribution is -0.277. The SMILES string of the molecule is O=c1c(O[C@@H]2OC(CO)[C@@H](O)C(O)C2O)c(-c2ccc(O)c(O)c2)oc2cc(O[C@@H]3OC(CO)[C@@H](O)[C@H](O)C3O)cc(O)c12. The lowest BCUT2D eigenvalue weighted by Crippen LogP contribution is -2.60. The van der Waals surface area contributed by atoms with Crippen molar-refractivity contribution in [2.24, 2.45) is 0 Å². The zero-order valence-corrected chi connectivity index (χ0v) is 22.4. The molecule has 3 heterocycles. The predicted octanol–water partition coefficient (Wildman–Crippen LogP) is -3.07. The summed E-state index contributed by atoms with van der Waals surface area (Å²) in [5.41, 5.74) is -1.50. The van der Waals surface area contributed by atoms with E-state index in [2.05, 4.69) is 0 Å². The standard InChI is InChI=1S/C27H30O17/c28-6-14-17(33)20(36)22(38)26(42-14)40-9-4-12(32)16-13(5-9)41-24(8-1-2-10(30)11(31)3-8)25(19(16)35)44-27-23(39)21(37)18(34)15(7-29)43-27/h1-5,14-15,17-18,20-23,26-34,36-39H,6-7H2/t14?,15?,17-,18-,20+,21?,22?,23?,26-,27+/m1/s1. The quantitative estimate of drug-likeness (QED) is 0.116. The van der Waals surface area contributed by atoms with Crippen molar-refractivity contribution in [1.82, 2.24) is 0 Å². The summed E-state index contributed by atoms with van der Waals surface area (Å²) in [4.78, 5) is 13.7. The highest BCUT2D eigenvalue weighted by atomic mass is 16.7. The Bertz CT molecular complexity index is 1550. The predicted molar refractivity (Wildman–Crippen MR) is 142 cm³/mol. The van der Waals surface area contributed by atoms with Gasteiger partial charge in [-0.25, -0.2) is 0 Å². The number of aromatic hydroxyl groups is 3. The number of aliphatic hydroxyl groups is 8. The van der Waals surface area contributed by atoms with Crippen molar-refractivity contribution in [2.75, 3.05) is 13.2 Å². The molecule has 0 aliphatic carbocycles. The third-order valence-corrected chi connectivity index (χ3v) is 7.33. The van der Waals surface area contributed by atoms with Gasteiger partial charge in [-0.05, 0) is 18.2 Å². The van der Waals surface area contributed by atoms with Gasteiger partial charge >= 0.3 is 0 Å². The van der Waals surface area contributed by atoms with Crippen LogP contribution in [0.2, 0.25) is 0 Å². The van der Waals surface area contributed by atoms with Crippen LogP contribution < -0.4 is 14.9 Å². The Balaban J connectivity index is 1.60. The van der Waals surface area contributed by atoms with Crippen molar-refractivity contribution < 1.29 is 79.5 Å². The molecule has 0 spiro atoms. The van der Waals surface area contributed by atoms with E-state index in [1.165, 1.54) is 6.07 Å². The minimum Gasteiger partial charge on any atom is -0.507 e. The summed E-state index contributed by atoms with van der Waals surface area (Å²) in [5.74, 6) is -3.35. The molecule has 44 heavy (non-hydrogen) atoms. The van der Waals surface area contributed by atoms with Gasteiger partial charge in [0.1, 0.15) is 71.3 Å². The van der Waals surface area contributed by atoms with Gasteiger partial charge in [0.2, 0.25) is 23.8 Å². The third-order valence-electron chi connectivity index (χ3n) is 7.33. The molecule has 2 aliphatic heterocycles. The van der Waals surface area contributed by atoms with E-state index in [0.717, 1.165) is 24.3 Å². The average Bonchev–Trinajstić information content (AvgIpc) is 2.99. The number of fused-ring (bicyclic) bond motifs is 1. The second-order valence-corrected chi connectivity index (χ2v) is 10.2. The zero-order valence-electron chi connectivity index (χ0n) is 22.4. The number of ether oxygens (including phenoxy) is 4. The van der Waals surface area contributed by atoms with Gasteiger partial charge in [0.15, 0.2) is 17.3 Å². The summed E-state index contributed by atoms with van der Waals surface area (Å²) >= 11 is 0. The van der Waals surface area contributed by atoms with Gasteiger partial charge in [-0.3, -0.25) is 4.79 Å². The second kappa shape index (κ2) is 12.3. The highest BCUT2D eigenvalue weighted by molar-refractivity contribution is 5.88. The molecule has 2 aromatic carbocycles. The van der Waals surface area contributed by atoms with Crippen LogP contribution in [0.4, 0.5) is 0 Å². The molecule has 0 amide bonds. The van der Waals surface area contributed by atoms with E-state index in [0.29, 0.717) is 0 Å². The Hall–Kier alpha value is -3.75. The largest absolute Gasteiger partial charge is 0.507 e. The molecule has 0 radical (unpaired) electrons. The molecule has 0 bridgehead atoms. The number of hydrogen-bond acceptors (Lipinski definition) is 17. The first-order valence-electron chi connectivity index (χ1n) is 13.2. The molecule has 17 heteroatoms. The molecule has 17 nitrogen and oxygen atoms in total. The minimum absolute atomic E-state index is 0.0707. The molecule has 11 N–H and O–H groups in total. The van der Waals surface area contributed by atoms with E-state index in [9.17, 15) is 61.0 Å². The Morgan fingerprint density at radius 1 is 0.659 bits per heavy atom. The molecular weight excluding hydrogens is 596 g/mol. The van der Waals surface area contributed by atoms with Gasteiger partial charge in [0.05, 0.1) is 13.2 Å². The molecule has 2 saturated heterocycles. The Morgan fingerprint density at radius 2 is 1.23 bits per heavy atom. The molecule has 240 valence electrons. The number of phenols is 3. The normalized spacial score (nSPS) is 32.5. The first-order valence-corrected chi connectivity index (χ1v) is 13.2. The zero-order chi connectivity index (χ0) is 32.0. The summed E-state index contributed by atoms with van der Waals surface area (Å²) in [6.07, 6.45) is -17.0. The molecule has 2 fully saturated rings. The van der Waals surface area contributed by atoms with Crippen molar-refractivity contribution in [1.29, 1.82) is 0 Å². The van der Waals surface area contributed by atoms with Crippen molar-refractivity contribution in [3.05, 3.63) is 40.6 Å². The monoisotopic (exact) mass is 626 g/mol. The third kappa shape index (κ3) is 5.61. The highest BCUT2D eigenvalue weighted by Crippen LogP contribution is 2.40. The van der Waals surface area contributed by atoms with Gasteiger partial charge in [-0.2, -0.15) is 0 Å². The van der Waals surface area contributed by atoms with Crippen LogP contribution in [-0.4, -0.2) is 131 Å². The Labute approximate surface area is 246 Å². The van der Waals surface area contributed by atoms with E-state index in [-0.39, 0.29) is 16.9 Å². The number of benzene rings is 2. The van der Waals surface area contributed by atoms with Crippen LogP contribution in [0.5, 0.6) is 28.7 Å². The maximum Gasteiger partial charge on any atom is 0.239 e. The smallest absolute Gasteiger partial charge is 0.239 e. The number of aliphatic hydroxyl groups excluding tert-OH is 8. The van der Waals surface area contributed by atoms with Crippen LogP contribution in [0.25, 0.3) is 22.3 Å². The lowest BCUT2D eigenvalue weighted by Gasteiger charge is -2.39. The fraction of sp³-hybridized carbons (Fsp3) is 0.444. The number of rotatable bonds is 7. The summed E-state index contributed by atoms with van der Waals surface area (Å²) in [7, 11) is 0. The number of phenolic OH excluding ortho intramolecular Hbond substituents is 3. The molecule has 2 aliphatic rings. The average molecular weight is 627 g/mol. The van der Waals surface area contributed by atoms with Gasteiger partial charge in [0, 0.05) is 17.7 Å². The molecule has 5 rings (SSSR count). The van der Waals surface area contributed by atoms with Crippen LogP contribution in [0.15, 0.2) is 39.5 Å². The van der Waals surface area contributed by atoms with Crippen LogP contribution in [-0.2, 0) is 9.47 Å². The Morgan fingerprint density at radius 3 is 1.77 bits per heavy atom. The van der Waals surface area contributed by atoms with E-state index < -0.39 is 114 Å². The fourth-order valence-corrected chi connectivity index (χ4v) is 4.87. The second-order valence-electron chi connectivity index (χ2n) is 10.2. The molecule has 0 saturated carbocycles. The molecule has 10 atom stereocenters. The van der Waals surface area contributed by atoms with E-state index in [1.54, 1.807) is 0 Å². The van der Waals surface area contributed by atoms with Crippen LogP contribution in [0, 0.1) is 0 Å². The summed E-state index contributed by atoms with van der Waals surface area (Å²) < 4.78 is 27.6. The molecule has 1 aromatic heterocycles. The van der Waals surface area contributed by atoms with E-state index >= 15 is 0 Å². The molecular formula is C27H30O17. The maximum atomic E-state index is 13.7. The highest BCUT2D eigenvalue weighted by Gasteiger charge is 2.46. The summed E-state index contributed by atoms with van der Waals surface area (Å²) in [6, 6.07) is 5.27. The van der Waals surface area contributed by atoms with Crippen LogP contribution in [0.3, 0.4) is 0 Å². The first-order chi connectivity index (χ1) is 20.9. The minimum atomic E-state index is -1.94. The fourth-order valence-electron chi connectivity index (χ4n) is 4.87. The summed E-state index contributed by atoms with van der Waals surface area (Å²) in [5, 5.41) is 110. The van der Waals surface area contributed by atoms with E-state index in [1.807, 2.05) is 0 Å². The van der Waals surface area contributed by atoms with Gasteiger partial charge in [-0.15, -0.1) is 0 Å². The van der Waals surface area contributed by atoms with Crippen LogP contribution >= 0.6 is 0 Å². The molecule has 3 aromatic rings. The van der Waals surface area contributed by atoms with Gasteiger partial charge in [-0.1, -0.05) is 0 Å². The number of hydrogen-bond donors (Lipinski definition) is 11. The van der Waals surface area contributed by atoms with E-state index in [4.69, 9.17) is 23.4 Å². The molecule has 5 unspecified atom stereocenters.